The molecule has 6 N–H and O–H groups in total. The van der Waals surface area contributed by atoms with Crippen LogP contribution in [-0.4, -0.2) is 20.4 Å². The molecule has 0 fully saturated rings. The number of nitrogens with zero attached hydrogens (tertiary/aromatic N) is 4. The molecule has 0 atom stereocenters. The summed E-state index contributed by atoms with van der Waals surface area (Å²) in [7, 11) is 0. The van der Waals surface area contributed by atoms with Crippen LogP contribution in [0.5, 0.6) is 0 Å². The van der Waals surface area contributed by atoms with Crippen LogP contribution in [0, 0.1) is 0 Å². The smallest absolute Gasteiger partial charge is 0.170 e. The molecule has 8 heteroatoms. The van der Waals surface area contributed by atoms with Gasteiger partial charge in [-0.3, -0.25) is 0 Å². The van der Waals surface area contributed by atoms with Gasteiger partial charge in [0.05, 0.1) is 11.4 Å². The van der Waals surface area contributed by atoms with Gasteiger partial charge in [0.2, 0.25) is 0 Å². The maximum atomic E-state index is 5.53. The number of hydrazine groups is 2. The first-order valence-electron chi connectivity index (χ1n) is 8.23. The largest absolute Gasteiger partial charge is 0.306 e. The molecule has 0 aliphatic rings. The second-order valence-electron chi connectivity index (χ2n) is 5.87. The Bertz CT molecular complexity index is 992. The number of aromatic nitrogens is 4. The SMILES string of the molecule is NNc1nnc(CCc2nnc(NN)c3ccccc23)c2ccccc12. The topological polar surface area (TPSA) is 128 Å². The van der Waals surface area contributed by atoms with Gasteiger partial charge in [-0.05, 0) is 12.8 Å². The maximum Gasteiger partial charge on any atom is 0.170 e. The van der Waals surface area contributed by atoms with Crippen LogP contribution in [0.15, 0.2) is 48.5 Å². The number of hydrogen-bond donors (Lipinski definition) is 4. The van der Waals surface area contributed by atoms with Gasteiger partial charge in [-0.1, -0.05) is 48.5 Å². The van der Waals surface area contributed by atoms with Crippen LogP contribution >= 0.6 is 0 Å². The first kappa shape index (κ1) is 16.1. The lowest BCUT2D eigenvalue weighted by Crippen LogP contribution is -2.12. The Morgan fingerprint density at radius 1 is 0.577 bits per heavy atom. The van der Waals surface area contributed by atoms with Gasteiger partial charge in [-0.15, -0.1) is 10.2 Å². The van der Waals surface area contributed by atoms with Crippen molar-refractivity contribution in [3.63, 3.8) is 0 Å². The van der Waals surface area contributed by atoms with Crippen LogP contribution < -0.4 is 22.5 Å². The normalized spacial score (nSPS) is 11.0. The molecular weight excluding hydrogens is 328 g/mol. The average Bonchev–Trinajstić information content (AvgIpc) is 2.71. The van der Waals surface area contributed by atoms with Crippen molar-refractivity contribution in [1.29, 1.82) is 0 Å². The first-order chi connectivity index (χ1) is 12.8. The van der Waals surface area contributed by atoms with Gasteiger partial charge in [0, 0.05) is 21.5 Å². The maximum absolute atomic E-state index is 5.53. The summed E-state index contributed by atoms with van der Waals surface area (Å²) in [6.07, 6.45) is 1.37. The number of rotatable bonds is 5. The Morgan fingerprint density at radius 3 is 1.35 bits per heavy atom. The minimum Gasteiger partial charge on any atom is -0.306 e. The highest BCUT2D eigenvalue weighted by Crippen LogP contribution is 2.25. The highest BCUT2D eigenvalue weighted by atomic mass is 15.3. The number of aryl methyl sites for hydroxylation is 2. The van der Waals surface area contributed by atoms with Crippen molar-refractivity contribution in [2.24, 2.45) is 11.7 Å². The van der Waals surface area contributed by atoms with E-state index in [-0.39, 0.29) is 0 Å². The molecule has 0 saturated carbocycles. The third-order valence-electron chi connectivity index (χ3n) is 4.40. The van der Waals surface area contributed by atoms with Crippen LogP contribution in [0.4, 0.5) is 11.6 Å². The molecule has 0 bridgehead atoms. The fraction of sp³-hybridized carbons (Fsp3) is 0.111. The third-order valence-corrected chi connectivity index (χ3v) is 4.40. The predicted molar refractivity (Wildman–Crippen MR) is 102 cm³/mol. The molecule has 0 aliphatic carbocycles. The summed E-state index contributed by atoms with van der Waals surface area (Å²) >= 11 is 0. The lowest BCUT2D eigenvalue weighted by atomic mass is 10.0. The molecule has 130 valence electrons. The minimum atomic E-state index is 0.563. The summed E-state index contributed by atoms with van der Waals surface area (Å²) in [6, 6.07) is 15.8. The Morgan fingerprint density at radius 2 is 0.962 bits per heavy atom. The second-order valence-corrected chi connectivity index (χ2v) is 5.87. The summed E-state index contributed by atoms with van der Waals surface area (Å²) in [6.45, 7) is 0. The standard InChI is InChI=1S/C18H18N8/c19-21-17-13-7-3-1-5-11(13)15(23-25-17)9-10-16-12-6-2-4-8-14(12)18(22-20)26-24-16/h1-8H,9-10,19-20H2,(H,21,25)(H,22,26). The van der Waals surface area contributed by atoms with E-state index in [4.69, 9.17) is 11.7 Å². The van der Waals surface area contributed by atoms with Gasteiger partial charge < -0.3 is 10.9 Å². The summed E-state index contributed by atoms with van der Waals surface area (Å²) in [4.78, 5) is 0. The van der Waals surface area contributed by atoms with E-state index in [1.807, 2.05) is 48.5 Å². The fourth-order valence-corrected chi connectivity index (χ4v) is 3.14. The second kappa shape index (κ2) is 6.87. The molecule has 0 unspecified atom stereocenters. The van der Waals surface area contributed by atoms with Crippen molar-refractivity contribution in [2.45, 2.75) is 12.8 Å². The van der Waals surface area contributed by atoms with Crippen LogP contribution in [-0.2, 0) is 12.8 Å². The molecule has 0 aliphatic heterocycles. The number of anilines is 2. The van der Waals surface area contributed by atoms with E-state index in [0.717, 1.165) is 32.9 Å². The summed E-state index contributed by atoms with van der Waals surface area (Å²) < 4.78 is 0. The lowest BCUT2D eigenvalue weighted by molar-refractivity contribution is 0.835. The molecule has 26 heavy (non-hydrogen) atoms. The van der Waals surface area contributed by atoms with Crippen molar-refractivity contribution >= 4 is 33.2 Å². The van der Waals surface area contributed by atoms with Crippen molar-refractivity contribution in [1.82, 2.24) is 20.4 Å². The molecule has 0 amide bonds. The molecule has 4 rings (SSSR count). The molecular formula is C18H18N8. The average molecular weight is 346 g/mol. The zero-order valence-electron chi connectivity index (χ0n) is 14.0. The quantitative estimate of drug-likeness (QED) is 0.319. The minimum absolute atomic E-state index is 0.563. The number of nitrogens with two attached hydrogens (primary N) is 2. The Balaban J connectivity index is 1.71. The Hall–Kier alpha value is -3.36. The highest BCUT2D eigenvalue weighted by Gasteiger charge is 2.12. The summed E-state index contributed by atoms with van der Waals surface area (Å²) in [5.74, 6) is 12.2. The van der Waals surface area contributed by atoms with Crippen LogP contribution in [0.2, 0.25) is 0 Å². The molecule has 2 aromatic carbocycles. The number of nitrogen functional groups attached to an aromatic ring is 2. The Kier molecular flexibility index (Phi) is 4.26. The van der Waals surface area contributed by atoms with Crippen molar-refractivity contribution < 1.29 is 0 Å². The number of benzene rings is 2. The van der Waals surface area contributed by atoms with Gasteiger partial charge in [0.15, 0.2) is 11.6 Å². The molecule has 0 radical (unpaired) electrons. The van der Waals surface area contributed by atoms with Gasteiger partial charge >= 0.3 is 0 Å². The van der Waals surface area contributed by atoms with Crippen LogP contribution in [0.1, 0.15) is 11.4 Å². The Labute approximate surface area is 149 Å². The monoisotopic (exact) mass is 346 g/mol. The van der Waals surface area contributed by atoms with Crippen molar-refractivity contribution in [3.05, 3.63) is 59.9 Å². The lowest BCUT2D eigenvalue weighted by Gasteiger charge is -2.10. The molecule has 8 nitrogen and oxygen atoms in total. The van der Waals surface area contributed by atoms with E-state index in [9.17, 15) is 0 Å². The van der Waals surface area contributed by atoms with E-state index in [1.54, 1.807) is 0 Å². The van der Waals surface area contributed by atoms with E-state index < -0.39 is 0 Å². The third kappa shape index (κ3) is 2.77. The van der Waals surface area contributed by atoms with Gasteiger partial charge in [0.1, 0.15) is 0 Å². The number of hydrogen-bond acceptors (Lipinski definition) is 8. The summed E-state index contributed by atoms with van der Waals surface area (Å²) in [5, 5.41) is 21.0. The van der Waals surface area contributed by atoms with Crippen LogP contribution in [0.25, 0.3) is 21.5 Å². The molecule has 0 spiro atoms. The zero-order valence-corrected chi connectivity index (χ0v) is 14.0. The molecule has 2 heterocycles. The fourth-order valence-electron chi connectivity index (χ4n) is 3.14. The summed E-state index contributed by atoms with van der Waals surface area (Å²) in [5.41, 5.74) is 6.98. The van der Waals surface area contributed by atoms with Crippen LogP contribution in [0.3, 0.4) is 0 Å². The van der Waals surface area contributed by atoms with E-state index in [0.29, 0.717) is 24.5 Å². The van der Waals surface area contributed by atoms with Crippen molar-refractivity contribution in [3.8, 4) is 0 Å². The predicted octanol–water partition coefficient (Wildman–Crippen LogP) is 1.93. The van der Waals surface area contributed by atoms with Gasteiger partial charge in [0.25, 0.3) is 0 Å². The number of nitrogens with one attached hydrogen (secondary N) is 2. The first-order valence-corrected chi connectivity index (χ1v) is 8.23. The van der Waals surface area contributed by atoms with Gasteiger partial charge in [-0.25, -0.2) is 11.7 Å². The van der Waals surface area contributed by atoms with E-state index >= 15 is 0 Å². The van der Waals surface area contributed by atoms with Gasteiger partial charge in [-0.2, -0.15) is 10.2 Å². The molecule has 2 aromatic heterocycles. The van der Waals surface area contributed by atoms with E-state index in [2.05, 4.69) is 31.2 Å². The zero-order chi connectivity index (χ0) is 17.9. The van der Waals surface area contributed by atoms with E-state index in [1.165, 1.54) is 0 Å². The number of fused-ring (bicyclic) bond motifs is 2. The van der Waals surface area contributed by atoms with Crippen molar-refractivity contribution in [2.75, 3.05) is 10.9 Å². The molecule has 0 saturated heterocycles. The molecule has 4 aromatic rings. The highest BCUT2D eigenvalue weighted by molar-refractivity contribution is 5.94.